The van der Waals surface area contributed by atoms with Crippen LogP contribution in [0.1, 0.15) is 0 Å². The van der Waals surface area contributed by atoms with Crippen LogP contribution < -0.4 is 68.9 Å². The third kappa shape index (κ3) is 16.9. The summed E-state index contributed by atoms with van der Waals surface area (Å²) in [5.41, 5.74) is 0. The minimum atomic E-state index is -2.63. The van der Waals surface area contributed by atoms with E-state index in [1.54, 1.807) is 0 Å². The Bertz CT molecular complexity index is 76.6. The largest absolute Gasteiger partial charge is 1.00 e. The van der Waals surface area contributed by atoms with Gasteiger partial charge in [0, 0.05) is 0 Å². The van der Waals surface area contributed by atoms with Gasteiger partial charge in [-0.25, -0.2) is 0 Å². The first-order chi connectivity index (χ1) is 3.42. The minimum absolute atomic E-state index is 0. The van der Waals surface area contributed by atoms with Gasteiger partial charge < -0.3 is 14.0 Å². The summed E-state index contributed by atoms with van der Waals surface area (Å²) in [6, 6.07) is 0. The first-order valence-electron chi connectivity index (χ1n) is 2.25. The summed E-state index contributed by atoms with van der Waals surface area (Å²) in [4.78, 5) is 19.7. The van der Waals surface area contributed by atoms with Gasteiger partial charge in [-0.15, -0.1) is 0 Å². The summed E-state index contributed by atoms with van der Waals surface area (Å²) in [6.45, 7) is 5.45. The zero-order chi connectivity index (χ0) is 6.78. The van der Waals surface area contributed by atoms with E-state index in [0.29, 0.717) is 0 Å². The van der Waals surface area contributed by atoms with Crippen molar-refractivity contribution in [3.8, 4) is 0 Å². The normalized spacial score (nSPS) is 10.2. The number of rotatable bonds is 2. The van der Waals surface area contributed by atoms with Crippen molar-refractivity contribution in [2.45, 2.75) is 19.6 Å². The Balaban J connectivity index is -0.000000245. The minimum Gasteiger partial charge on any atom is -0.821 e. The van der Waals surface area contributed by atoms with E-state index >= 15 is 0 Å². The van der Waals surface area contributed by atoms with Crippen molar-refractivity contribution in [1.29, 1.82) is 0 Å². The molecule has 0 unspecified atom stereocenters. The first-order valence-corrected chi connectivity index (χ1v) is 6.76. The van der Waals surface area contributed by atoms with E-state index in [1.165, 1.54) is 0 Å². The molecule has 0 spiro atoms. The van der Waals surface area contributed by atoms with Gasteiger partial charge in [-0.2, -0.15) is 8.60 Å². The Kier molecular flexibility index (Phi) is 14.9. The van der Waals surface area contributed by atoms with Crippen LogP contribution >= 0.6 is 8.60 Å². The molecule has 0 N–H and O–H groups in total. The zero-order valence-electron chi connectivity index (χ0n) is 7.17. The molecule has 0 rings (SSSR count). The SMILES string of the molecule is C[Si](C)(C)OP([O-])[O-].[Na+].[Na+]. The molecule has 0 fully saturated rings. The smallest absolute Gasteiger partial charge is 0.821 e. The van der Waals surface area contributed by atoms with Crippen molar-refractivity contribution >= 4 is 16.9 Å². The maximum atomic E-state index is 9.86. The van der Waals surface area contributed by atoms with E-state index in [2.05, 4.69) is 4.21 Å². The number of hydrogen-bond acceptors (Lipinski definition) is 3. The van der Waals surface area contributed by atoms with Crippen molar-refractivity contribution in [2.24, 2.45) is 0 Å². The van der Waals surface area contributed by atoms with E-state index < -0.39 is 16.9 Å². The Morgan fingerprint density at radius 3 is 1.40 bits per heavy atom. The van der Waals surface area contributed by atoms with Crippen molar-refractivity contribution in [3.05, 3.63) is 0 Å². The maximum Gasteiger partial charge on any atom is 1.00 e. The van der Waals surface area contributed by atoms with Crippen LogP contribution in [0.5, 0.6) is 0 Å². The molecule has 0 aliphatic carbocycles. The van der Waals surface area contributed by atoms with Gasteiger partial charge in [-0.3, -0.25) is 0 Å². The van der Waals surface area contributed by atoms with Crippen LogP contribution in [0.3, 0.4) is 0 Å². The van der Waals surface area contributed by atoms with Gasteiger partial charge in [0.1, 0.15) is 0 Å². The summed E-state index contributed by atoms with van der Waals surface area (Å²) >= 11 is 0. The quantitative estimate of drug-likeness (QED) is 0.328. The van der Waals surface area contributed by atoms with E-state index in [9.17, 15) is 9.79 Å². The van der Waals surface area contributed by atoms with Crippen LogP contribution in [0.2, 0.25) is 19.6 Å². The average molecular weight is 198 g/mol. The molecule has 0 aromatic carbocycles. The summed E-state index contributed by atoms with van der Waals surface area (Å²) in [7, 11) is -4.44. The molecular weight excluding hydrogens is 189 g/mol. The molecule has 0 saturated carbocycles. The Hall–Kier alpha value is 2.53. The Labute approximate surface area is 108 Å². The maximum absolute atomic E-state index is 9.86. The van der Waals surface area contributed by atoms with E-state index in [0.717, 1.165) is 0 Å². The molecule has 0 amide bonds. The van der Waals surface area contributed by atoms with Gasteiger partial charge in [0.15, 0.2) is 8.32 Å². The van der Waals surface area contributed by atoms with Crippen LogP contribution in [0.4, 0.5) is 0 Å². The van der Waals surface area contributed by atoms with E-state index in [1.807, 2.05) is 19.6 Å². The summed E-state index contributed by atoms with van der Waals surface area (Å²) < 4.78 is 4.53. The molecule has 0 aliphatic rings. The van der Waals surface area contributed by atoms with E-state index in [-0.39, 0.29) is 59.1 Å². The van der Waals surface area contributed by atoms with Gasteiger partial charge in [-0.05, 0) is 19.6 Å². The standard InChI is InChI=1S/C3H9O3PSi.2Na/c1-8(2,3)6-7(4)5;;/h1-3H3;;/q-2;2*+1. The van der Waals surface area contributed by atoms with Gasteiger partial charge >= 0.3 is 59.1 Å². The fourth-order valence-corrected chi connectivity index (χ4v) is 2.01. The van der Waals surface area contributed by atoms with Crippen LogP contribution in [0.25, 0.3) is 0 Å². The van der Waals surface area contributed by atoms with Crippen molar-refractivity contribution in [1.82, 2.24) is 0 Å². The Morgan fingerprint density at radius 1 is 1.10 bits per heavy atom. The van der Waals surface area contributed by atoms with E-state index in [4.69, 9.17) is 0 Å². The van der Waals surface area contributed by atoms with Crippen LogP contribution in [-0.2, 0) is 4.21 Å². The zero-order valence-corrected chi connectivity index (χ0v) is 13.1. The number of hydrogen-bond donors (Lipinski definition) is 0. The van der Waals surface area contributed by atoms with Crippen LogP contribution in [-0.4, -0.2) is 8.32 Å². The fourth-order valence-electron chi connectivity index (χ4n) is 0.224. The first kappa shape index (κ1) is 18.3. The molecule has 0 bridgehead atoms. The third-order valence-corrected chi connectivity index (χ3v) is 3.14. The topological polar surface area (TPSA) is 55.3 Å². The van der Waals surface area contributed by atoms with Crippen molar-refractivity contribution in [2.75, 3.05) is 0 Å². The molecule has 7 heteroatoms. The molecule has 0 saturated heterocycles. The molecule has 50 valence electrons. The monoisotopic (exact) mass is 198 g/mol. The summed E-state index contributed by atoms with van der Waals surface area (Å²) in [6.07, 6.45) is 0. The molecule has 0 atom stereocenters. The Morgan fingerprint density at radius 2 is 1.40 bits per heavy atom. The molecule has 3 nitrogen and oxygen atoms in total. The fraction of sp³-hybridized carbons (Fsp3) is 1.00. The third-order valence-electron chi connectivity index (χ3n) is 0.348. The van der Waals surface area contributed by atoms with Gasteiger partial charge in [0.05, 0.1) is 0 Å². The molecule has 0 aliphatic heterocycles. The van der Waals surface area contributed by atoms with Crippen LogP contribution in [0.15, 0.2) is 0 Å². The van der Waals surface area contributed by atoms with Crippen LogP contribution in [0, 0.1) is 0 Å². The average Bonchev–Trinajstić information content (AvgIpc) is 1.21. The molecule has 0 aromatic rings. The predicted molar refractivity (Wildman–Crippen MR) is 31.4 cm³/mol. The molecular formula is C3H9Na2O3PSi. The van der Waals surface area contributed by atoms with Gasteiger partial charge in [0.2, 0.25) is 0 Å². The molecule has 0 radical (unpaired) electrons. The molecule has 10 heavy (non-hydrogen) atoms. The van der Waals surface area contributed by atoms with Crippen molar-refractivity contribution in [3.63, 3.8) is 0 Å². The summed E-state index contributed by atoms with van der Waals surface area (Å²) in [5.74, 6) is 0. The van der Waals surface area contributed by atoms with Crippen molar-refractivity contribution < 1.29 is 73.1 Å². The second-order valence-corrected chi connectivity index (χ2v) is 7.83. The van der Waals surface area contributed by atoms with Gasteiger partial charge in [-0.1, -0.05) is 0 Å². The predicted octanol–water partition coefficient (Wildman–Crippen LogP) is -6.21. The second-order valence-electron chi connectivity index (χ2n) is 2.43. The van der Waals surface area contributed by atoms with Gasteiger partial charge in [0.25, 0.3) is 0 Å². The molecule has 0 aromatic heterocycles. The molecule has 0 heterocycles. The summed E-state index contributed by atoms with van der Waals surface area (Å²) in [5, 5.41) is 0. The second kappa shape index (κ2) is 8.14.